The van der Waals surface area contributed by atoms with E-state index in [1.807, 2.05) is 0 Å². The van der Waals surface area contributed by atoms with Crippen LogP contribution in [0.3, 0.4) is 0 Å². The van der Waals surface area contributed by atoms with Crippen LogP contribution in [0, 0.1) is 35.5 Å². The van der Waals surface area contributed by atoms with Gasteiger partial charge in [-0.25, -0.2) is 0 Å². The van der Waals surface area contributed by atoms with Gasteiger partial charge in [-0.05, 0) is 48.3 Å². The lowest BCUT2D eigenvalue weighted by Crippen LogP contribution is -2.23. The number of hydrogen-bond donors (Lipinski definition) is 0. The van der Waals surface area contributed by atoms with E-state index in [-0.39, 0.29) is 0 Å². The summed E-state index contributed by atoms with van der Waals surface area (Å²) in [7, 11) is 0. The van der Waals surface area contributed by atoms with Gasteiger partial charge in [-0.2, -0.15) is 0 Å². The van der Waals surface area contributed by atoms with Crippen molar-refractivity contribution in [2.45, 2.75) is 142 Å². The predicted molar refractivity (Wildman–Crippen MR) is 125 cm³/mol. The van der Waals surface area contributed by atoms with Crippen molar-refractivity contribution in [1.29, 1.82) is 0 Å². The molecule has 28 heavy (non-hydrogen) atoms. The van der Waals surface area contributed by atoms with E-state index in [1.54, 1.807) is 89.9 Å². The maximum atomic E-state index is 2.35. The van der Waals surface area contributed by atoms with Crippen LogP contribution in [0.5, 0.6) is 0 Å². The molecule has 0 radical (unpaired) electrons. The van der Waals surface area contributed by atoms with Crippen molar-refractivity contribution >= 4 is 0 Å². The maximum absolute atomic E-state index is 2.35. The van der Waals surface area contributed by atoms with Crippen LogP contribution in [-0.4, -0.2) is 0 Å². The summed E-state index contributed by atoms with van der Waals surface area (Å²) < 4.78 is 0. The Balaban J connectivity index is 1.25. The number of unbranched alkanes of at least 4 members (excludes halogenated alkanes) is 2. The van der Waals surface area contributed by atoms with Crippen LogP contribution in [0.4, 0.5) is 0 Å². The Hall–Kier alpha value is 0. The fraction of sp³-hybridized carbons (Fsp3) is 1.00. The average molecular weight is 389 g/mol. The highest BCUT2D eigenvalue weighted by Crippen LogP contribution is 2.42. The van der Waals surface area contributed by atoms with Crippen LogP contribution in [0.2, 0.25) is 0 Å². The average Bonchev–Trinajstić information content (AvgIpc) is 2.74. The molecule has 0 aromatic heterocycles. The molecular weight excluding hydrogens is 336 g/mol. The van der Waals surface area contributed by atoms with Crippen molar-refractivity contribution in [3.63, 3.8) is 0 Å². The zero-order valence-electron chi connectivity index (χ0n) is 19.6. The number of hydrogen-bond acceptors (Lipinski definition) is 0. The van der Waals surface area contributed by atoms with Crippen molar-refractivity contribution in [2.24, 2.45) is 35.5 Å². The Morgan fingerprint density at radius 2 is 0.643 bits per heavy atom. The quantitative estimate of drug-likeness (QED) is 0.349. The molecule has 0 N–H and O–H groups in total. The second-order valence-corrected chi connectivity index (χ2v) is 11.4. The van der Waals surface area contributed by atoms with Crippen LogP contribution in [0.25, 0.3) is 0 Å². The van der Waals surface area contributed by atoms with E-state index in [9.17, 15) is 0 Å². The fourth-order valence-electron chi connectivity index (χ4n) is 7.14. The lowest BCUT2D eigenvalue weighted by atomic mass is 9.70. The van der Waals surface area contributed by atoms with E-state index in [0.717, 1.165) is 35.5 Å². The van der Waals surface area contributed by atoms with E-state index < -0.39 is 0 Å². The van der Waals surface area contributed by atoms with Crippen LogP contribution in [-0.2, 0) is 0 Å². The summed E-state index contributed by atoms with van der Waals surface area (Å²) in [5, 5.41) is 0. The van der Waals surface area contributed by atoms with Crippen molar-refractivity contribution in [3.8, 4) is 0 Å². The standard InChI is InChI=1S/C28H52/c1-3-5-7-23-9-13-25(14-10-23)21-27-17-19-28(20-18-27)22-26-15-11-24(12-16-26)8-6-4-2/h23-28H,3-22H2,1-2H3/t23-,24-,25-,26-,27-,28-. The van der Waals surface area contributed by atoms with Gasteiger partial charge in [0, 0.05) is 0 Å². The van der Waals surface area contributed by atoms with Gasteiger partial charge in [0.1, 0.15) is 0 Å². The second-order valence-electron chi connectivity index (χ2n) is 11.4. The first-order valence-electron chi connectivity index (χ1n) is 13.8. The summed E-state index contributed by atoms with van der Waals surface area (Å²) in [6, 6.07) is 0. The minimum Gasteiger partial charge on any atom is -0.0654 e. The molecule has 3 saturated carbocycles. The van der Waals surface area contributed by atoms with Gasteiger partial charge in [-0.1, -0.05) is 129 Å². The van der Waals surface area contributed by atoms with Crippen LogP contribution < -0.4 is 0 Å². The molecule has 0 amide bonds. The summed E-state index contributed by atoms with van der Waals surface area (Å²) >= 11 is 0. The Labute approximate surface area is 178 Å². The molecule has 3 rings (SSSR count). The first kappa shape index (κ1) is 22.7. The van der Waals surface area contributed by atoms with E-state index >= 15 is 0 Å². The Morgan fingerprint density at radius 1 is 0.393 bits per heavy atom. The van der Waals surface area contributed by atoms with E-state index in [1.165, 1.54) is 38.5 Å². The molecule has 0 unspecified atom stereocenters. The Morgan fingerprint density at radius 3 is 0.893 bits per heavy atom. The highest BCUT2D eigenvalue weighted by atomic mass is 14.3. The lowest BCUT2D eigenvalue weighted by molar-refractivity contribution is 0.161. The topological polar surface area (TPSA) is 0 Å². The molecule has 0 nitrogen and oxygen atoms in total. The molecule has 3 aliphatic rings. The Kier molecular flexibility index (Phi) is 10.2. The van der Waals surface area contributed by atoms with Gasteiger partial charge in [0.2, 0.25) is 0 Å². The fourth-order valence-corrected chi connectivity index (χ4v) is 7.14. The van der Waals surface area contributed by atoms with E-state index in [4.69, 9.17) is 0 Å². The molecule has 0 spiro atoms. The predicted octanol–water partition coefficient (Wildman–Crippen LogP) is 9.57. The zero-order valence-corrected chi connectivity index (χ0v) is 19.6. The van der Waals surface area contributed by atoms with E-state index in [0.29, 0.717) is 0 Å². The van der Waals surface area contributed by atoms with Gasteiger partial charge >= 0.3 is 0 Å². The molecule has 3 fully saturated rings. The smallest absolute Gasteiger partial charge is 0.0411 e. The maximum Gasteiger partial charge on any atom is -0.0411 e. The molecule has 0 aliphatic heterocycles. The monoisotopic (exact) mass is 388 g/mol. The summed E-state index contributed by atoms with van der Waals surface area (Å²) in [5.74, 6) is 6.56. The van der Waals surface area contributed by atoms with Gasteiger partial charge in [-0.15, -0.1) is 0 Å². The third-order valence-corrected chi connectivity index (χ3v) is 9.16. The van der Waals surface area contributed by atoms with Gasteiger partial charge < -0.3 is 0 Å². The normalized spacial score (nSPS) is 37.1. The summed E-state index contributed by atoms with van der Waals surface area (Å²) in [6.07, 6.45) is 30.7. The summed E-state index contributed by atoms with van der Waals surface area (Å²) in [5.41, 5.74) is 0. The van der Waals surface area contributed by atoms with Crippen LogP contribution >= 0.6 is 0 Å². The third-order valence-electron chi connectivity index (χ3n) is 9.16. The molecule has 0 aromatic carbocycles. The Bertz CT molecular complexity index is 337. The van der Waals surface area contributed by atoms with Crippen LogP contribution in [0.15, 0.2) is 0 Å². The van der Waals surface area contributed by atoms with Crippen LogP contribution in [0.1, 0.15) is 142 Å². The van der Waals surface area contributed by atoms with Gasteiger partial charge in [-0.3, -0.25) is 0 Å². The molecule has 3 aliphatic carbocycles. The second kappa shape index (κ2) is 12.6. The minimum absolute atomic E-state index is 1.09. The van der Waals surface area contributed by atoms with Crippen molar-refractivity contribution < 1.29 is 0 Å². The highest BCUT2D eigenvalue weighted by Gasteiger charge is 2.29. The summed E-state index contributed by atoms with van der Waals surface area (Å²) in [4.78, 5) is 0. The van der Waals surface area contributed by atoms with Crippen molar-refractivity contribution in [1.82, 2.24) is 0 Å². The van der Waals surface area contributed by atoms with E-state index in [2.05, 4.69) is 13.8 Å². The highest BCUT2D eigenvalue weighted by molar-refractivity contribution is 4.81. The first-order valence-corrected chi connectivity index (χ1v) is 13.8. The number of rotatable bonds is 10. The first-order chi connectivity index (χ1) is 13.8. The molecule has 0 aromatic rings. The molecule has 0 saturated heterocycles. The molecule has 0 bridgehead atoms. The zero-order chi connectivity index (χ0) is 19.6. The third kappa shape index (κ3) is 7.68. The largest absolute Gasteiger partial charge is 0.0654 e. The minimum atomic E-state index is 1.09. The molecule has 0 heteroatoms. The van der Waals surface area contributed by atoms with Gasteiger partial charge in [0.25, 0.3) is 0 Å². The van der Waals surface area contributed by atoms with Crippen molar-refractivity contribution in [3.05, 3.63) is 0 Å². The lowest BCUT2D eigenvalue weighted by Gasteiger charge is -2.36. The molecule has 0 heterocycles. The molecular formula is C28H52. The van der Waals surface area contributed by atoms with Gasteiger partial charge in [0.05, 0.1) is 0 Å². The molecule has 164 valence electrons. The summed E-state index contributed by atoms with van der Waals surface area (Å²) in [6.45, 7) is 4.70. The molecule has 0 atom stereocenters. The SMILES string of the molecule is CCCC[C@H]1CC[C@H](C[C@H]2CC[C@H](C[C@H]3CC[C@H](CCCC)CC3)CC2)CC1. The van der Waals surface area contributed by atoms with Crippen molar-refractivity contribution in [2.75, 3.05) is 0 Å². The van der Waals surface area contributed by atoms with Gasteiger partial charge in [0.15, 0.2) is 0 Å².